The van der Waals surface area contributed by atoms with E-state index in [0.29, 0.717) is 11.3 Å². The van der Waals surface area contributed by atoms with Gasteiger partial charge in [0.1, 0.15) is 6.61 Å². The average Bonchev–Trinajstić information content (AvgIpc) is 2.64. The van der Waals surface area contributed by atoms with Gasteiger partial charge in [-0.2, -0.15) is 0 Å². The molecule has 9 nitrogen and oxygen atoms in total. The van der Waals surface area contributed by atoms with Gasteiger partial charge in [-0.1, -0.05) is 29.8 Å². The summed E-state index contributed by atoms with van der Waals surface area (Å²) in [6, 6.07) is 6.59. The van der Waals surface area contributed by atoms with Crippen LogP contribution in [-0.2, 0) is 19.1 Å². The van der Waals surface area contributed by atoms with Crippen molar-refractivity contribution in [2.45, 2.75) is 12.8 Å². The van der Waals surface area contributed by atoms with Crippen molar-refractivity contribution in [3.63, 3.8) is 0 Å². The van der Waals surface area contributed by atoms with E-state index in [9.17, 15) is 24.8 Å². The number of carboxylic acids is 1. The van der Waals surface area contributed by atoms with Gasteiger partial charge < -0.3 is 19.9 Å². The van der Waals surface area contributed by atoms with Crippen molar-refractivity contribution in [1.82, 2.24) is 5.32 Å². The lowest BCUT2D eigenvalue weighted by Gasteiger charge is -2.31. The number of esters is 1. The molecule has 1 aromatic carbocycles. The van der Waals surface area contributed by atoms with Crippen LogP contribution in [-0.4, -0.2) is 48.8 Å². The third-order valence-corrected chi connectivity index (χ3v) is 4.51. The molecular formula is C18H19ClN2O7. The van der Waals surface area contributed by atoms with Crippen molar-refractivity contribution in [2.75, 3.05) is 26.9 Å². The van der Waals surface area contributed by atoms with E-state index in [2.05, 4.69) is 5.32 Å². The number of aliphatic carboxylic acids is 1. The van der Waals surface area contributed by atoms with Crippen molar-refractivity contribution in [3.8, 4) is 0 Å². The number of hydrogen-bond donors (Lipinski definition) is 2. The molecule has 1 aliphatic heterocycles. The molecule has 0 fully saturated rings. The zero-order chi connectivity index (χ0) is 20.8. The van der Waals surface area contributed by atoms with Crippen LogP contribution in [0.3, 0.4) is 0 Å². The molecule has 0 aromatic heterocycles. The monoisotopic (exact) mass is 410 g/mol. The van der Waals surface area contributed by atoms with E-state index in [4.69, 9.17) is 21.1 Å². The number of nitrogens with zero attached hydrogens (tertiary/aromatic N) is 1. The van der Waals surface area contributed by atoms with E-state index < -0.39 is 29.3 Å². The first-order valence-corrected chi connectivity index (χ1v) is 8.62. The van der Waals surface area contributed by atoms with Crippen LogP contribution in [0.1, 0.15) is 18.4 Å². The number of methoxy groups -OCH3 is 1. The predicted molar refractivity (Wildman–Crippen MR) is 99.4 cm³/mol. The quantitative estimate of drug-likeness (QED) is 0.288. The molecule has 1 heterocycles. The number of carboxylic acid groups (broad SMARTS) is 1. The van der Waals surface area contributed by atoms with Gasteiger partial charge in [-0.25, -0.2) is 9.59 Å². The molecular weight excluding hydrogens is 392 g/mol. The standard InChI is InChI=1S/C18H19ClN2O7/c1-10-14(17(22)23)15(11-5-3-4-6-12(11)19)16(18(24)27-2)13(20-10)9-28-8-7-21(25)26/h3-6,15,20H,7-9H2,1-2H3,(H,22,23). The normalized spacial score (nSPS) is 16.6. The largest absolute Gasteiger partial charge is 0.478 e. The minimum atomic E-state index is -1.22. The van der Waals surface area contributed by atoms with Crippen LogP contribution >= 0.6 is 11.6 Å². The van der Waals surface area contributed by atoms with E-state index >= 15 is 0 Å². The molecule has 2 N–H and O–H groups in total. The lowest BCUT2D eigenvalue weighted by atomic mass is 9.80. The first-order valence-electron chi connectivity index (χ1n) is 8.24. The fourth-order valence-corrected chi connectivity index (χ4v) is 3.22. The number of carbonyl (C=O) groups excluding carboxylic acids is 1. The zero-order valence-electron chi connectivity index (χ0n) is 15.2. The molecule has 150 valence electrons. The molecule has 0 aliphatic carbocycles. The molecule has 1 atom stereocenters. The number of rotatable bonds is 8. The fraction of sp³-hybridized carbons (Fsp3) is 0.333. The highest BCUT2D eigenvalue weighted by molar-refractivity contribution is 6.31. The van der Waals surface area contributed by atoms with E-state index in [0.717, 1.165) is 0 Å². The summed E-state index contributed by atoms with van der Waals surface area (Å²) >= 11 is 6.28. The van der Waals surface area contributed by atoms with Crippen LogP contribution in [0.2, 0.25) is 5.02 Å². The lowest BCUT2D eigenvalue weighted by Crippen LogP contribution is -2.34. The maximum Gasteiger partial charge on any atom is 0.336 e. The first kappa shape index (κ1) is 21.4. The van der Waals surface area contributed by atoms with Crippen LogP contribution in [0.4, 0.5) is 0 Å². The Labute approximate surface area is 165 Å². The predicted octanol–water partition coefficient (Wildman–Crippen LogP) is 2.11. The molecule has 1 aliphatic rings. The molecule has 28 heavy (non-hydrogen) atoms. The number of ether oxygens (including phenoxy) is 2. The average molecular weight is 411 g/mol. The molecule has 2 rings (SSSR count). The number of halogens is 1. The molecule has 0 spiro atoms. The van der Waals surface area contributed by atoms with Crippen LogP contribution < -0.4 is 5.32 Å². The second-order valence-corrected chi connectivity index (χ2v) is 6.32. The minimum absolute atomic E-state index is 0.0275. The van der Waals surface area contributed by atoms with Gasteiger partial charge in [-0.05, 0) is 18.6 Å². The molecule has 0 saturated carbocycles. The SMILES string of the molecule is COC(=O)C1=C(COCC[N+](=O)[O-])NC(C)=C(C(=O)O)C1c1ccccc1Cl. The Morgan fingerprint density at radius 3 is 2.57 bits per heavy atom. The Hall–Kier alpha value is -2.91. The summed E-state index contributed by atoms with van der Waals surface area (Å²) in [5.74, 6) is -2.96. The summed E-state index contributed by atoms with van der Waals surface area (Å²) in [5, 5.41) is 23.3. The van der Waals surface area contributed by atoms with Crippen LogP contribution in [0.15, 0.2) is 46.8 Å². The second kappa shape index (κ2) is 9.34. The van der Waals surface area contributed by atoms with E-state index in [1.807, 2.05) is 0 Å². The van der Waals surface area contributed by atoms with Crippen LogP contribution in [0.5, 0.6) is 0 Å². The zero-order valence-corrected chi connectivity index (χ0v) is 16.0. The Morgan fingerprint density at radius 2 is 2.00 bits per heavy atom. The van der Waals surface area contributed by atoms with E-state index in [1.54, 1.807) is 31.2 Å². The molecule has 10 heteroatoms. The van der Waals surface area contributed by atoms with Gasteiger partial charge in [0.15, 0.2) is 0 Å². The summed E-state index contributed by atoms with van der Waals surface area (Å²) in [4.78, 5) is 34.4. The molecule has 0 saturated heterocycles. The first-order chi connectivity index (χ1) is 13.3. The van der Waals surface area contributed by atoms with Gasteiger partial charge in [0.25, 0.3) is 0 Å². The summed E-state index contributed by atoms with van der Waals surface area (Å²) in [5.41, 5.74) is 0.966. The van der Waals surface area contributed by atoms with Gasteiger partial charge in [-0.15, -0.1) is 0 Å². The van der Waals surface area contributed by atoms with E-state index in [1.165, 1.54) is 7.11 Å². The maximum atomic E-state index is 12.5. The number of nitro groups is 1. The van der Waals surface area contributed by atoms with Gasteiger partial charge in [0, 0.05) is 15.6 Å². The summed E-state index contributed by atoms with van der Waals surface area (Å²) in [7, 11) is 1.18. The highest BCUT2D eigenvalue weighted by atomic mass is 35.5. The molecule has 1 aromatic rings. The lowest BCUT2D eigenvalue weighted by molar-refractivity contribution is -0.483. The summed E-state index contributed by atoms with van der Waals surface area (Å²) in [6.45, 7) is 0.823. The summed E-state index contributed by atoms with van der Waals surface area (Å²) < 4.78 is 10.2. The second-order valence-electron chi connectivity index (χ2n) is 5.92. The van der Waals surface area contributed by atoms with Crippen molar-refractivity contribution < 1.29 is 29.1 Å². The smallest absolute Gasteiger partial charge is 0.336 e. The Balaban J connectivity index is 2.55. The van der Waals surface area contributed by atoms with Crippen LogP contribution in [0, 0.1) is 10.1 Å². The van der Waals surface area contributed by atoms with Gasteiger partial charge in [0.2, 0.25) is 6.54 Å². The van der Waals surface area contributed by atoms with Crippen molar-refractivity contribution in [3.05, 3.63) is 67.5 Å². The van der Waals surface area contributed by atoms with Gasteiger partial charge >= 0.3 is 11.9 Å². The van der Waals surface area contributed by atoms with Gasteiger partial charge in [0.05, 0.1) is 36.5 Å². The Morgan fingerprint density at radius 1 is 1.32 bits per heavy atom. The maximum absolute atomic E-state index is 12.5. The Kier molecular flexibility index (Phi) is 7.13. The topological polar surface area (TPSA) is 128 Å². The molecule has 0 radical (unpaired) electrons. The van der Waals surface area contributed by atoms with Crippen molar-refractivity contribution >= 4 is 23.5 Å². The molecule has 1 unspecified atom stereocenters. The van der Waals surface area contributed by atoms with Gasteiger partial charge in [-0.3, -0.25) is 10.1 Å². The number of allylic oxidation sites excluding steroid dienone is 1. The fourth-order valence-electron chi connectivity index (χ4n) is 2.98. The number of nitrogens with one attached hydrogen (secondary N) is 1. The summed E-state index contributed by atoms with van der Waals surface area (Å²) in [6.07, 6.45) is 0. The Bertz CT molecular complexity index is 863. The molecule has 0 amide bonds. The number of hydrogen-bond acceptors (Lipinski definition) is 7. The highest BCUT2D eigenvalue weighted by Gasteiger charge is 2.39. The van der Waals surface area contributed by atoms with E-state index in [-0.39, 0.29) is 35.1 Å². The van der Waals surface area contributed by atoms with Crippen molar-refractivity contribution in [2.24, 2.45) is 0 Å². The minimum Gasteiger partial charge on any atom is -0.478 e. The number of benzene rings is 1. The third kappa shape index (κ3) is 4.68. The number of dihydropyridines is 1. The number of carbonyl (C=O) groups is 2. The highest BCUT2D eigenvalue weighted by Crippen LogP contribution is 2.41. The third-order valence-electron chi connectivity index (χ3n) is 4.16. The van der Waals surface area contributed by atoms with Crippen LogP contribution in [0.25, 0.3) is 0 Å². The molecule has 0 bridgehead atoms. The van der Waals surface area contributed by atoms with Crippen molar-refractivity contribution in [1.29, 1.82) is 0 Å².